The number of amides is 2. The van der Waals surface area contributed by atoms with E-state index in [1.165, 1.54) is 24.1 Å². The molecule has 0 aliphatic rings. The van der Waals surface area contributed by atoms with Crippen molar-refractivity contribution in [1.29, 1.82) is 0 Å². The molecular weight excluding hydrogens is 538 g/mol. The molecule has 8 nitrogen and oxygen atoms in total. The van der Waals surface area contributed by atoms with Crippen molar-refractivity contribution in [3.05, 3.63) is 88.9 Å². The Labute approximate surface area is 235 Å². The maximum atomic E-state index is 14.0. The number of aryl methyl sites for hydroxylation is 1. The summed E-state index contributed by atoms with van der Waals surface area (Å²) in [7, 11) is -2.62. The summed E-state index contributed by atoms with van der Waals surface area (Å²) in [5.41, 5.74) is 1.96. The predicted molar refractivity (Wildman–Crippen MR) is 153 cm³/mol. The summed E-state index contributed by atoms with van der Waals surface area (Å²) in [5, 5.41) is 3.33. The molecule has 0 aliphatic carbocycles. The second-order valence-corrected chi connectivity index (χ2v) is 11.3. The minimum atomic E-state index is -4.13. The number of hydrogen-bond donors (Lipinski definition) is 1. The van der Waals surface area contributed by atoms with Crippen LogP contribution in [-0.4, -0.2) is 51.4 Å². The van der Waals surface area contributed by atoms with Crippen LogP contribution < -0.4 is 14.4 Å². The molecule has 0 aliphatic heterocycles. The van der Waals surface area contributed by atoms with E-state index in [4.69, 9.17) is 16.3 Å². The molecule has 10 heteroatoms. The molecule has 0 heterocycles. The molecule has 0 fully saturated rings. The summed E-state index contributed by atoms with van der Waals surface area (Å²) in [5.74, 6) is -0.279. The first-order chi connectivity index (χ1) is 18.6. The Morgan fingerprint density at radius 1 is 0.949 bits per heavy atom. The molecule has 0 saturated heterocycles. The first-order valence-corrected chi connectivity index (χ1v) is 14.5. The molecule has 2 amide bonds. The number of anilines is 1. The van der Waals surface area contributed by atoms with E-state index in [1.54, 1.807) is 67.6 Å². The maximum Gasteiger partial charge on any atom is 0.264 e. The SMILES string of the molecule is CCNC(=O)[C@H](CC)N(Cc1ccc(Cl)cc1)C(=O)CN(c1ccc(OC)cc1)S(=O)(=O)c1ccc(C)cc1. The van der Waals surface area contributed by atoms with Gasteiger partial charge in [-0.3, -0.25) is 13.9 Å². The highest BCUT2D eigenvalue weighted by Crippen LogP contribution is 2.27. The number of rotatable bonds is 12. The average Bonchev–Trinajstić information content (AvgIpc) is 2.93. The zero-order chi connectivity index (χ0) is 28.6. The van der Waals surface area contributed by atoms with Crippen LogP contribution in [0.15, 0.2) is 77.7 Å². The molecule has 3 rings (SSSR count). The van der Waals surface area contributed by atoms with Gasteiger partial charge in [-0.1, -0.05) is 48.4 Å². The molecule has 0 spiro atoms. The van der Waals surface area contributed by atoms with Gasteiger partial charge in [0.25, 0.3) is 10.0 Å². The highest BCUT2D eigenvalue weighted by Gasteiger charge is 2.33. The molecule has 3 aromatic carbocycles. The van der Waals surface area contributed by atoms with Gasteiger partial charge in [0, 0.05) is 18.1 Å². The van der Waals surface area contributed by atoms with Crippen LogP contribution in [0.2, 0.25) is 5.02 Å². The molecule has 1 atom stereocenters. The molecule has 0 saturated carbocycles. The highest BCUT2D eigenvalue weighted by atomic mass is 35.5. The van der Waals surface area contributed by atoms with Crippen molar-refractivity contribution >= 4 is 39.1 Å². The number of nitrogens with one attached hydrogen (secondary N) is 1. The third kappa shape index (κ3) is 7.52. The van der Waals surface area contributed by atoms with Crippen LogP contribution in [0.4, 0.5) is 5.69 Å². The summed E-state index contributed by atoms with van der Waals surface area (Å²) in [4.78, 5) is 28.4. The normalized spacial score (nSPS) is 11.9. The molecule has 0 aromatic heterocycles. The second-order valence-electron chi connectivity index (χ2n) is 8.99. The fourth-order valence-corrected chi connectivity index (χ4v) is 5.65. The number of nitrogens with zero attached hydrogens (tertiary/aromatic N) is 2. The Bertz CT molecular complexity index is 1360. The van der Waals surface area contributed by atoms with E-state index in [-0.39, 0.29) is 17.3 Å². The lowest BCUT2D eigenvalue weighted by Crippen LogP contribution is -2.52. The monoisotopic (exact) mass is 571 g/mol. The topological polar surface area (TPSA) is 96.0 Å². The molecule has 39 heavy (non-hydrogen) atoms. The number of methoxy groups -OCH3 is 1. The van der Waals surface area contributed by atoms with E-state index >= 15 is 0 Å². The standard InChI is InChI=1S/C29H34ClN3O5S/c1-5-27(29(35)31-6-2)32(19-22-9-11-23(30)12-10-22)28(34)20-33(24-13-15-25(38-4)16-14-24)39(36,37)26-17-7-21(3)8-18-26/h7-18,27H,5-6,19-20H2,1-4H3,(H,31,35)/t27-/m0/s1. The lowest BCUT2D eigenvalue weighted by atomic mass is 10.1. The molecule has 0 bridgehead atoms. The Balaban J connectivity index is 2.05. The van der Waals surface area contributed by atoms with E-state index in [9.17, 15) is 18.0 Å². The van der Waals surface area contributed by atoms with Crippen LogP contribution in [-0.2, 0) is 26.2 Å². The van der Waals surface area contributed by atoms with Gasteiger partial charge in [0.15, 0.2) is 0 Å². The molecule has 0 radical (unpaired) electrons. The number of likely N-dealkylation sites (N-methyl/N-ethyl adjacent to an activating group) is 1. The van der Waals surface area contributed by atoms with Crippen LogP contribution in [0.1, 0.15) is 31.4 Å². The first kappa shape index (κ1) is 30.0. The van der Waals surface area contributed by atoms with E-state index in [1.807, 2.05) is 13.8 Å². The fraction of sp³-hybridized carbons (Fsp3) is 0.310. The Hall–Kier alpha value is -3.56. The van der Waals surface area contributed by atoms with Crippen molar-refractivity contribution < 1.29 is 22.7 Å². The van der Waals surface area contributed by atoms with Gasteiger partial charge in [0.1, 0.15) is 18.3 Å². The third-order valence-electron chi connectivity index (χ3n) is 6.25. The first-order valence-electron chi connectivity index (χ1n) is 12.7. The summed E-state index contributed by atoms with van der Waals surface area (Å²) >= 11 is 6.04. The number of ether oxygens (including phenoxy) is 1. The van der Waals surface area contributed by atoms with Crippen LogP contribution in [0.3, 0.4) is 0 Å². The van der Waals surface area contributed by atoms with Crippen molar-refractivity contribution in [3.63, 3.8) is 0 Å². The summed E-state index contributed by atoms with van der Waals surface area (Å²) in [6, 6.07) is 19.0. The molecule has 3 aromatic rings. The highest BCUT2D eigenvalue weighted by molar-refractivity contribution is 7.92. The lowest BCUT2D eigenvalue weighted by molar-refractivity contribution is -0.140. The van der Waals surface area contributed by atoms with Crippen LogP contribution >= 0.6 is 11.6 Å². The number of benzene rings is 3. The van der Waals surface area contributed by atoms with Gasteiger partial charge in [-0.05, 0) is 74.4 Å². The van der Waals surface area contributed by atoms with Gasteiger partial charge in [-0.15, -0.1) is 0 Å². The average molecular weight is 572 g/mol. The minimum Gasteiger partial charge on any atom is -0.497 e. The second kappa shape index (κ2) is 13.5. The molecule has 0 unspecified atom stereocenters. The lowest BCUT2D eigenvalue weighted by Gasteiger charge is -2.33. The van der Waals surface area contributed by atoms with Gasteiger partial charge in [-0.25, -0.2) is 8.42 Å². The number of halogens is 1. The summed E-state index contributed by atoms with van der Waals surface area (Å²) in [6.07, 6.45) is 0.346. The van der Waals surface area contributed by atoms with Crippen LogP contribution in [0.25, 0.3) is 0 Å². The van der Waals surface area contributed by atoms with Crippen molar-refractivity contribution in [1.82, 2.24) is 10.2 Å². The third-order valence-corrected chi connectivity index (χ3v) is 8.29. The number of hydrogen-bond acceptors (Lipinski definition) is 5. The van der Waals surface area contributed by atoms with Gasteiger partial charge in [-0.2, -0.15) is 0 Å². The van der Waals surface area contributed by atoms with Crippen molar-refractivity contribution in [2.24, 2.45) is 0 Å². The number of carbonyl (C=O) groups excluding carboxylic acids is 2. The smallest absolute Gasteiger partial charge is 0.264 e. The largest absolute Gasteiger partial charge is 0.497 e. The quantitative estimate of drug-likeness (QED) is 0.337. The van der Waals surface area contributed by atoms with Crippen LogP contribution in [0, 0.1) is 6.92 Å². The Morgan fingerprint density at radius 3 is 2.10 bits per heavy atom. The van der Waals surface area contributed by atoms with Crippen molar-refractivity contribution in [3.8, 4) is 5.75 Å². The maximum absolute atomic E-state index is 14.0. The van der Waals surface area contributed by atoms with E-state index in [0.717, 1.165) is 15.4 Å². The molecule has 208 valence electrons. The van der Waals surface area contributed by atoms with Gasteiger partial charge >= 0.3 is 0 Å². The summed E-state index contributed by atoms with van der Waals surface area (Å²) < 4.78 is 34.0. The fourth-order valence-electron chi connectivity index (χ4n) is 4.11. The van der Waals surface area contributed by atoms with Gasteiger partial charge in [0.2, 0.25) is 11.8 Å². The van der Waals surface area contributed by atoms with Gasteiger partial charge < -0.3 is 15.0 Å². The van der Waals surface area contributed by atoms with E-state index in [0.29, 0.717) is 29.4 Å². The zero-order valence-corrected chi connectivity index (χ0v) is 24.1. The van der Waals surface area contributed by atoms with Crippen LogP contribution in [0.5, 0.6) is 5.75 Å². The van der Waals surface area contributed by atoms with Gasteiger partial charge in [0.05, 0.1) is 17.7 Å². The Kier molecular flexibility index (Phi) is 10.4. The molecular formula is C29H34ClN3O5S. The van der Waals surface area contributed by atoms with E-state index < -0.39 is 28.5 Å². The predicted octanol–water partition coefficient (Wildman–Crippen LogP) is 4.80. The molecule has 1 N–H and O–H groups in total. The minimum absolute atomic E-state index is 0.0525. The Morgan fingerprint density at radius 2 is 1.56 bits per heavy atom. The summed E-state index contributed by atoms with van der Waals surface area (Å²) in [6.45, 7) is 5.47. The number of carbonyl (C=O) groups is 2. The van der Waals surface area contributed by atoms with E-state index in [2.05, 4.69) is 5.32 Å². The van der Waals surface area contributed by atoms with Crippen molar-refractivity contribution in [2.45, 2.75) is 44.7 Å². The zero-order valence-electron chi connectivity index (χ0n) is 22.6. The van der Waals surface area contributed by atoms with Crippen molar-refractivity contribution in [2.75, 3.05) is 24.5 Å². The number of sulfonamides is 1.